The normalized spacial score (nSPS) is 16.2. The van der Waals surface area contributed by atoms with E-state index in [1.54, 1.807) is 0 Å². The summed E-state index contributed by atoms with van der Waals surface area (Å²) in [7, 11) is 0. The molecular formula is C46H31N3O. The van der Waals surface area contributed by atoms with Crippen LogP contribution in [-0.2, 0) is 0 Å². The van der Waals surface area contributed by atoms with E-state index in [0.29, 0.717) is 5.82 Å². The monoisotopic (exact) mass is 641 g/mol. The summed E-state index contributed by atoms with van der Waals surface area (Å²) < 4.78 is 6.68. The molecule has 4 nitrogen and oxygen atoms in total. The van der Waals surface area contributed by atoms with Crippen molar-refractivity contribution in [3.05, 3.63) is 182 Å². The van der Waals surface area contributed by atoms with Crippen molar-refractivity contribution in [3.63, 3.8) is 0 Å². The molecule has 0 amide bonds. The van der Waals surface area contributed by atoms with Crippen LogP contribution in [0.25, 0.3) is 67.0 Å². The van der Waals surface area contributed by atoms with Crippen LogP contribution in [0, 0.1) is 0 Å². The van der Waals surface area contributed by atoms with Crippen molar-refractivity contribution < 1.29 is 4.42 Å². The number of rotatable bonds is 5. The van der Waals surface area contributed by atoms with Crippen molar-refractivity contribution in [2.45, 2.75) is 12.0 Å². The summed E-state index contributed by atoms with van der Waals surface area (Å²) in [5, 5.41) is 2.11. The van der Waals surface area contributed by atoms with Gasteiger partial charge in [-0.1, -0.05) is 140 Å². The zero-order chi connectivity index (χ0) is 33.0. The van der Waals surface area contributed by atoms with Gasteiger partial charge in [-0.15, -0.1) is 0 Å². The van der Waals surface area contributed by atoms with Crippen LogP contribution < -0.4 is 4.90 Å². The lowest BCUT2D eigenvalue weighted by Crippen LogP contribution is -2.28. The van der Waals surface area contributed by atoms with E-state index in [0.717, 1.165) is 55.7 Å². The molecule has 8 aromatic rings. The van der Waals surface area contributed by atoms with E-state index in [2.05, 4.69) is 144 Å². The average Bonchev–Trinajstić information content (AvgIpc) is 3.74. The first-order chi connectivity index (χ1) is 24.8. The third-order valence-corrected chi connectivity index (χ3v) is 10.0. The van der Waals surface area contributed by atoms with E-state index in [1.165, 1.54) is 22.4 Å². The first kappa shape index (κ1) is 28.5. The van der Waals surface area contributed by atoms with E-state index in [4.69, 9.17) is 14.4 Å². The van der Waals surface area contributed by atoms with Gasteiger partial charge in [0, 0.05) is 39.2 Å². The minimum absolute atomic E-state index is 0.177. The number of hydrogen-bond acceptors (Lipinski definition) is 4. The van der Waals surface area contributed by atoms with Gasteiger partial charge in [0.1, 0.15) is 11.2 Å². The third-order valence-electron chi connectivity index (χ3n) is 10.0. The van der Waals surface area contributed by atoms with Crippen LogP contribution in [0.15, 0.2) is 180 Å². The van der Waals surface area contributed by atoms with Crippen molar-refractivity contribution in [1.29, 1.82) is 0 Å². The summed E-state index contributed by atoms with van der Waals surface area (Å²) in [6.45, 7) is 0. The lowest BCUT2D eigenvalue weighted by atomic mass is 9.86. The second-order valence-corrected chi connectivity index (χ2v) is 12.9. The molecule has 10 rings (SSSR count). The molecule has 2 unspecified atom stereocenters. The van der Waals surface area contributed by atoms with Crippen molar-refractivity contribution >= 4 is 33.3 Å². The van der Waals surface area contributed by atoms with Crippen LogP contribution in [0.1, 0.15) is 11.5 Å². The van der Waals surface area contributed by atoms with Gasteiger partial charge in [-0.3, -0.25) is 0 Å². The van der Waals surface area contributed by atoms with E-state index in [9.17, 15) is 0 Å². The van der Waals surface area contributed by atoms with Crippen LogP contribution in [0.4, 0.5) is 11.4 Å². The molecule has 3 heterocycles. The molecule has 0 saturated heterocycles. The molecule has 236 valence electrons. The molecule has 4 heteroatoms. The Hall–Kier alpha value is -6.52. The molecule has 0 bridgehead atoms. The Balaban J connectivity index is 1.13. The Morgan fingerprint density at radius 2 is 1.16 bits per heavy atom. The fourth-order valence-electron chi connectivity index (χ4n) is 7.76. The smallest absolute Gasteiger partial charge is 0.164 e. The Morgan fingerprint density at radius 1 is 0.520 bits per heavy atom. The molecule has 0 radical (unpaired) electrons. The number of hydrogen-bond donors (Lipinski definition) is 0. The Kier molecular flexibility index (Phi) is 6.59. The summed E-state index contributed by atoms with van der Waals surface area (Å²) in [4.78, 5) is 12.7. The van der Waals surface area contributed by atoms with Crippen LogP contribution in [0.2, 0.25) is 0 Å². The third kappa shape index (κ3) is 4.61. The summed E-state index contributed by atoms with van der Waals surface area (Å²) in [5.41, 5.74) is 12.6. The predicted octanol–water partition coefficient (Wildman–Crippen LogP) is 11.8. The molecule has 1 aliphatic heterocycles. The number of allylic oxidation sites excluding steroid dienone is 2. The van der Waals surface area contributed by atoms with E-state index in [-0.39, 0.29) is 12.0 Å². The molecule has 0 spiro atoms. The molecule has 0 saturated carbocycles. The largest absolute Gasteiger partial charge is 0.455 e. The van der Waals surface area contributed by atoms with Crippen molar-refractivity contribution in [3.8, 4) is 45.0 Å². The number of aromatic nitrogens is 2. The van der Waals surface area contributed by atoms with Gasteiger partial charge in [-0.2, -0.15) is 0 Å². The van der Waals surface area contributed by atoms with Crippen LogP contribution in [0.3, 0.4) is 0 Å². The molecular weight excluding hydrogens is 611 g/mol. The predicted molar refractivity (Wildman–Crippen MR) is 204 cm³/mol. The van der Waals surface area contributed by atoms with Gasteiger partial charge in [0.05, 0.1) is 23.0 Å². The molecule has 2 atom stereocenters. The molecule has 6 aromatic carbocycles. The zero-order valence-corrected chi connectivity index (χ0v) is 27.1. The van der Waals surface area contributed by atoms with Gasteiger partial charge in [0.15, 0.2) is 5.82 Å². The molecule has 2 aromatic heterocycles. The van der Waals surface area contributed by atoms with Crippen molar-refractivity contribution in [2.24, 2.45) is 0 Å². The van der Waals surface area contributed by atoms with E-state index in [1.807, 2.05) is 36.4 Å². The minimum atomic E-state index is 0.177. The highest BCUT2D eigenvalue weighted by Gasteiger charge is 2.39. The maximum absolute atomic E-state index is 6.68. The molecule has 0 N–H and O–H groups in total. The number of para-hydroxylation sites is 1. The standard InChI is InChI=1S/C46H31N3O/c1-4-14-30(15-5-1)34-21-13-25-42-44(34)36-20-10-11-24-41(36)49(42)33-26-27-43-38(28-33)35-22-12-23-37(45(35)50-43)46-47-39(31-16-6-2-7-17-31)29-40(48-46)32-18-8-3-9-19-32/h1-29,36,41H. The number of benzene rings is 6. The van der Waals surface area contributed by atoms with Crippen LogP contribution in [0.5, 0.6) is 0 Å². The maximum Gasteiger partial charge on any atom is 0.164 e. The van der Waals surface area contributed by atoms with E-state index >= 15 is 0 Å². The summed E-state index contributed by atoms with van der Waals surface area (Å²) in [6.07, 6.45) is 9.04. The molecule has 2 aliphatic rings. The topological polar surface area (TPSA) is 42.2 Å². The lowest BCUT2D eigenvalue weighted by Gasteiger charge is -2.28. The van der Waals surface area contributed by atoms with Crippen LogP contribution >= 0.6 is 0 Å². The SMILES string of the molecule is C1=CC2c3c(-c4ccccc4)cccc3N(c3ccc4oc5c(-c6nc(-c7ccccc7)cc(-c7ccccc7)n6)cccc5c4c3)C2C=C1. The zero-order valence-electron chi connectivity index (χ0n) is 27.1. The highest BCUT2D eigenvalue weighted by molar-refractivity contribution is 6.10. The van der Waals surface area contributed by atoms with E-state index < -0.39 is 0 Å². The summed E-state index contributed by atoms with van der Waals surface area (Å²) in [5.74, 6) is 0.890. The number of fused-ring (bicyclic) bond motifs is 6. The maximum atomic E-state index is 6.68. The minimum Gasteiger partial charge on any atom is -0.455 e. The fraction of sp³-hybridized carbons (Fsp3) is 0.0435. The number of nitrogens with zero attached hydrogens (tertiary/aromatic N) is 3. The van der Waals surface area contributed by atoms with Gasteiger partial charge >= 0.3 is 0 Å². The first-order valence-corrected chi connectivity index (χ1v) is 17.1. The quantitative estimate of drug-likeness (QED) is 0.188. The summed E-state index contributed by atoms with van der Waals surface area (Å²) in [6, 6.07) is 53.1. The molecule has 0 fully saturated rings. The molecule has 50 heavy (non-hydrogen) atoms. The Labute approximate surface area is 290 Å². The molecule has 1 aliphatic carbocycles. The fourth-order valence-corrected chi connectivity index (χ4v) is 7.76. The number of anilines is 2. The highest BCUT2D eigenvalue weighted by atomic mass is 16.3. The number of furan rings is 1. The van der Waals surface area contributed by atoms with Gasteiger partial charge in [-0.05, 0) is 53.1 Å². The average molecular weight is 642 g/mol. The van der Waals surface area contributed by atoms with Gasteiger partial charge < -0.3 is 9.32 Å². The van der Waals surface area contributed by atoms with Gasteiger partial charge in [-0.25, -0.2) is 9.97 Å². The second kappa shape index (κ2) is 11.6. The summed E-state index contributed by atoms with van der Waals surface area (Å²) >= 11 is 0. The Bertz CT molecular complexity index is 2550. The van der Waals surface area contributed by atoms with Crippen molar-refractivity contribution in [1.82, 2.24) is 9.97 Å². The second-order valence-electron chi connectivity index (χ2n) is 12.9. The van der Waals surface area contributed by atoms with Crippen LogP contribution in [-0.4, -0.2) is 16.0 Å². The first-order valence-electron chi connectivity index (χ1n) is 17.1. The highest BCUT2D eigenvalue weighted by Crippen LogP contribution is 2.52. The van der Waals surface area contributed by atoms with Gasteiger partial charge in [0.2, 0.25) is 0 Å². The lowest BCUT2D eigenvalue weighted by molar-refractivity contribution is 0.669. The van der Waals surface area contributed by atoms with Gasteiger partial charge in [0.25, 0.3) is 0 Å². The van der Waals surface area contributed by atoms with Crippen molar-refractivity contribution in [2.75, 3.05) is 4.90 Å². The Morgan fingerprint density at radius 3 is 1.88 bits per heavy atom.